The summed E-state index contributed by atoms with van der Waals surface area (Å²) in [5.41, 5.74) is 3.59. The zero-order valence-electron chi connectivity index (χ0n) is 14.5. The van der Waals surface area contributed by atoms with Gasteiger partial charge in [0.05, 0.1) is 12.2 Å². The van der Waals surface area contributed by atoms with Crippen LogP contribution >= 0.6 is 0 Å². The summed E-state index contributed by atoms with van der Waals surface area (Å²) in [6.07, 6.45) is 5.28. The number of hydrogen-bond donors (Lipinski definition) is 1. The third-order valence-electron chi connectivity index (χ3n) is 3.83. The number of aryl methyl sites for hydroxylation is 2. The molecule has 1 N–H and O–H groups in total. The van der Waals surface area contributed by atoms with Crippen LogP contribution in [-0.2, 0) is 17.8 Å². The monoisotopic (exact) mass is 313 g/mol. The third kappa shape index (κ3) is 5.55. The molecule has 0 radical (unpaired) electrons. The fourth-order valence-electron chi connectivity index (χ4n) is 2.62. The largest absolute Gasteiger partial charge is 0.350 e. The van der Waals surface area contributed by atoms with Crippen molar-refractivity contribution in [1.82, 2.24) is 15.1 Å². The second-order valence-electron chi connectivity index (χ2n) is 6.66. The summed E-state index contributed by atoms with van der Waals surface area (Å²) in [4.78, 5) is 12.1. The van der Waals surface area contributed by atoms with Gasteiger partial charge in [-0.3, -0.25) is 9.48 Å². The fraction of sp³-hybridized carbons (Fsp3) is 0.474. The number of rotatable bonds is 7. The second-order valence-corrected chi connectivity index (χ2v) is 6.66. The van der Waals surface area contributed by atoms with E-state index in [0.29, 0.717) is 18.9 Å². The van der Waals surface area contributed by atoms with Crippen molar-refractivity contribution in [1.29, 1.82) is 0 Å². The highest BCUT2D eigenvalue weighted by atomic mass is 16.1. The van der Waals surface area contributed by atoms with Gasteiger partial charge in [0, 0.05) is 19.2 Å². The van der Waals surface area contributed by atoms with Crippen molar-refractivity contribution in [3.05, 3.63) is 53.3 Å². The molecule has 1 heterocycles. The number of nitrogens with zero attached hydrogens (tertiary/aromatic N) is 2. The predicted molar refractivity (Wildman–Crippen MR) is 93.1 cm³/mol. The summed E-state index contributed by atoms with van der Waals surface area (Å²) in [6, 6.07) is 8.56. The van der Waals surface area contributed by atoms with Crippen LogP contribution in [-0.4, -0.2) is 15.7 Å². The molecule has 1 unspecified atom stereocenters. The van der Waals surface area contributed by atoms with Crippen molar-refractivity contribution in [2.75, 3.05) is 0 Å². The zero-order valence-corrected chi connectivity index (χ0v) is 14.5. The van der Waals surface area contributed by atoms with E-state index in [2.05, 4.69) is 48.5 Å². The minimum absolute atomic E-state index is 0.0231. The molecule has 4 nitrogen and oxygen atoms in total. The second kappa shape index (κ2) is 7.95. The van der Waals surface area contributed by atoms with E-state index in [1.54, 1.807) is 10.9 Å². The van der Waals surface area contributed by atoms with Crippen LogP contribution in [0.4, 0.5) is 0 Å². The molecule has 23 heavy (non-hydrogen) atoms. The maximum absolute atomic E-state index is 12.1. The van der Waals surface area contributed by atoms with Crippen LogP contribution in [0.2, 0.25) is 0 Å². The molecule has 4 heteroatoms. The maximum atomic E-state index is 12.1. The van der Waals surface area contributed by atoms with Gasteiger partial charge in [-0.25, -0.2) is 0 Å². The van der Waals surface area contributed by atoms with E-state index in [9.17, 15) is 4.79 Å². The third-order valence-corrected chi connectivity index (χ3v) is 3.83. The molecule has 1 aromatic carbocycles. The molecule has 1 aromatic heterocycles. The smallest absolute Gasteiger partial charge is 0.222 e. The summed E-state index contributed by atoms with van der Waals surface area (Å²) in [5.74, 6) is 0.709. The SMILES string of the molecule is Cc1cnn(CCC(=O)NC(C)c2ccc(CC(C)C)cc2)c1. The fourth-order valence-corrected chi connectivity index (χ4v) is 2.62. The Kier molecular flexibility index (Phi) is 5.97. The van der Waals surface area contributed by atoms with Crippen molar-refractivity contribution in [2.45, 2.75) is 53.1 Å². The number of hydrogen-bond acceptors (Lipinski definition) is 2. The highest BCUT2D eigenvalue weighted by molar-refractivity contribution is 5.76. The number of amides is 1. The number of aromatic nitrogens is 2. The lowest BCUT2D eigenvalue weighted by molar-refractivity contribution is -0.122. The highest BCUT2D eigenvalue weighted by Crippen LogP contribution is 2.15. The number of carbonyl (C=O) groups excluding carboxylic acids is 1. The van der Waals surface area contributed by atoms with Crippen molar-refractivity contribution < 1.29 is 4.79 Å². The van der Waals surface area contributed by atoms with Crippen LogP contribution in [0.15, 0.2) is 36.7 Å². The maximum Gasteiger partial charge on any atom is 0.222 e. The molecule has 0 saturated heterocycles. The molecule has 0 aliphatic rings. The van der Waals surface area contributed by atoms with Crippen LogP contribution in [0.5, 0.6) is 0 Å². The Balaban J connectivity index is 1.83. The van der Waals surface area contributed by atoms with Crippen LogP contribution in [0.1, 0.15) is 49.9 Å². The predicted octanol–water partition coefficient (Wildman–Crippen LogP) is 3.66. The van der Waals surface area contributed by atoms with E-state index in [4.69, 9.17) is 0 Å². The zero-order chi connectivity index (χ0) is 16.8. The highest BCUT2D eigenvalue weighted by Gasteiger charge is 2.10. The molecule has 0 bridgehead atoms. The molecular formula is C19H27N3O. The van der Waals surface area contributed by atoms with Gasteiger partial charge in [0.25, 0.3) is 0 Å². The van der Waals surface area contributed by atoms with Gasteiger partial charge < -0.3 is 5.32 Å². The molecule has 1 atom stereocenters. The molecule has 0 fully saturated rings. The van der Waals surface area contributed by atoms with Crippen molar-refractivity contribution in [2.24, 2.45) is 5.92 Å². The number of benzene rings is 1. The first-order chi connectivity index (χ1) is 10.9. The standard InChI is InChI=1S/C19H27N3O/c1-14(2)11-17-5-7-18(8-6-17)16(4)21-19(23)9-10-22-13-15(3)12-20-22/h5-8,12-14,16H,9-11H2,1-4H3,(H,21,23). The van der Waals surface area contributed by atoms with Gasteiger partial charge in [-0.1, -0.05) is 38.1 Å². The van der Waals surface area contributed by atoms with Crippen molar-refractivity contribution in [3.8, 4) is 0 Å². The quantitative estimate of drug-likeness (QED) is 0.848. The molecule has 0 spiro atoms. The molecule has 2 rings (SSSR count). The van der Waals surface area contributed by atoms with Gasteiger partial charge in [0.2, 0.25) is 5.91 Å². The van der Waals surface area contributed by atoms with Gasteiger partial charge in [0.15, 0.2) is 0 Å². The summed E-state index contributed by atoms with van der Waals surface area (Å²) < 4.78 is 1.81. The lowest BCUT2D eigenvalue weighted by Gasteiger charge is -2.15. The van der Waals surface area contributed by atoms with E-state index in [1.165, 1.54) is 5.56 Å². The normalized spacial score (nSPS) is 12.4. The van der Waals surface area contributed by atoms with Crippen LogP contribution in [0.3, 0.4) is 0 Å². The molecular weight excluding hydrogens is 286 g/mol. The van der Waals surface area contributed by atoms with Crippen molar-refractivity contribution >= 4 is 5.91 Å². The summed E-state index contributed by atoms with van der Waals surface area (Å²) in [6.45, 7) is 9.07. The van der Waals surface area contributed by atoms with E-state index in [1.807, 2.05) is 20.0 Å². The van der Waals surface area contributed by atoms with Gasteiger partial charge in [-0.2, -0.15) is 5.10 Å². The minimum atomic E-state index is 0.0231. The Hall–Kier alpha value is -2.10. The summed E-state index contributed by atoms with van der Waals surface area (Å²) in [7, 11) is 0. The van der Waals surface area contributed by atoms with E-state index >= 15 is 0 Å². The summed E-state index contributed by atoms with van der Waals surface area (Å²) in [5, 5.41) is 7.25. The van der Waals surface area contributed by atoms with E-state index in [0.717, 1.165) is 17.5 Å². The average Bonchev–Trinajstić information content (AvgIpc) is 2.91. The molecule has 1 amide bonds. The van der Waals surface area contributed by atoms with Crippen LogP contribution in [0.25, 0.3) is 0 Å². The van der Waals surface area contributed by atoms with Gasteiger partial charge in [-0.05, 0) is 42.9 Å². The van der Waals surface area contributed by atoms with Crippen LogP contribution < -0.4 is 5.32 Å². The molecule has 0 aliphatic heterocycles. The lowest BCUT2D eigenvalue weighted by atomic mass is 10.00. The van der Waals surface area contributed by atoms with Crippen LogP contribution in [0, 0.1) is 12.8 Å². The first-order valence-electron chi connectivity index (χ1n) is 8.31. The van der Waals surface area contributed by atoms with E-state index < -0.39 is 0 Å². The summed E-state index contributed by atoms with van der Waals surface area (Å²) >= 11 is 0. The lowest BCUT2D eigenvalue weighted by Crippen LogP contribution is -2.27. The van der Waals surface area contributed by atoms with Gasteiger partial charge in [-0.15, -0.1) is 0 Å². The molecule has 0 aliphatic carbocycles. The van der Waals surface area contributed by atoms with E-state index in [-0.39, 0.29) is 11.9 Å². The average molecular weight is 313 g/mol. The minimum Gasteiger partial charge on any atom is -0.350 e. The van der Waals surface area contributed by atoms with Crippen molar-refractivity contribution in [3.63, 3.8) is 0 Å². The molecule has 2 aromatic rings. The van der Waals surface area contributed by atoms with Gasteiger partial charge in [0.1, 0.15) is 0 Å². The Bertz CT molecular complexity index is 628. The number of carbonyl (C=O) groups is 1. The molecule has 0 saturated carbocycles. The first-order valence-corrected chi connectivity index (χ1v) is 8.31. The molecule has 124 valence electrons. The number of nitrogens with one attached hydrogen (secondary N) is 1. The first kappa shape index (κ1) is 17.3. The topological polar surface area (TPSA) is 46.9 Å². The van der Waals surface area contributed by atoms with Gasteiger partial charge >= 0.3 is 0 Å². The Morgan fingerprint density at radius 3 is 2.48 bits per heavy atom. The Labute approximate surface area is 138 Å². The Morgan fingerprint density at radius 2 is 1.91 bits per heavy atom. The Morgan fingerprint density at radius 1 is 1.22 bits per heavy atom.